The van der Waals surface area contributed by atoms with Gasteiger partial charge in [-0.1, -0.05) is 17.7 Å². The Bertz CT molecular complexity index is 772. The molecule has 0 amide bonds. The highest BCUT2D eigenvalue weighted by molar-refractivity contribution is 6.32. The van der Waals surface area contributed by atoms with Crippen LogP contribution in [0.1, 0.15) is 5.56 Å². The lowest BCUT2D eigenvalue weighted by Gasteiger charge is -2.08. The van der Waals surface area contributed by atoms with Gasteiger partial charge in [-0.15, -0.1) is 0 Å². The maximum atomic E-state index is 12.9. The van der Waals surface area contributed by atoms with Crippen LogP contribution in [0.3, 0.4) is 0 Å². The van der Waals surface area contributed by atoms with E-state index in [1.54, 1.807) is 12.1 Å². The SMILES string of the molecule is Cc1ccc2nc(Cl)c(Nc3ccc(F)cc3)nc2c1. The Morgan fingerprint density at radius 3 is 2.50 bits per heavy atom. The topological polar surface area (TPSA) is 37.8 Å². The number of halogens is 2. The van der Waals surface area contributed by atoms with Crippen molar-refractivity contribution in [3.05, 3.63) is 59.0 Å². The lowest BCUT2D eigenvalue weighted by Crippen LogP contribution is -1.97. The maximum Gasteiger partial charge on any atom is 0.172 e. The van der Waals surface area contributed by atoms with Crippen LogP contribution in [0.5, 0.6) is 0 Å². The summed E-state index contributed by atoms with van der Waals surface area (Å²) in [5, 5.41) is 3.32. The average molecular weight is 288 g/mol. The van der Waals surface area contributed by atoms with E-state index in [2.05, 4.69) is 15.3 Å². The zero-order chi connectivity index (χ0) is 14.1. The number of benzene rings is 2. The summed E-state index contributed by atoms with van der Waals surface area (Å²) in [6, 6.07) is 11.8. The quantitative estimate of drug-likeness (QED) is 0.755. The van der Waals surface area contributed by atoms with Gasteiger partial charge in [-0.05, 0) is 48.9 Å². The molecule has 0 saturated carbocycles. The smallest absolute Gasteiger partial charge is 0.172 e. The van der Waals surface area contributed by atoms with Gasteiger partial charge in [0.25, 0.3) is 0 Å². The van der Waals surface area contributed by atoms with Gasteiger partial charge in [0.1, 0.15) is 5.82 Å². The van der Waals surface area contributed by atoms with Gasteiger partial charge in [0, 0.05) is 5.69 Å². The van der Waals surface area contributed by atoms with Crippen LogP contribution in [0.4, 0.5) is 15.9 Å². The van der Waals surface area contributed by atoms with E-state index < -0.39 is 0 Å². The van der Waals surface area contributed by atoms with Crippen molar-refractivity contribution >= 4 is 34.1 Å². The molecule has 0 atom stereocenters. The van der Waals surface area contributed by atoms with Crippen molar-refractivity contribution in [1.82, 2.24) is 9.97 Å². The molecule has 3 aromatic rings. The summed E-state index contributed by atoms with van der Waals surface area (Å²) >= 11 is 6.11. The van der Waals surface area contributed by atoms with Crippen LogP contribution < -0.4 is 5.32 Å². The third kappa shape index (κ3) is 2.56. The fraction of sp³-hybridized carbons (Fsp3) is 0.0667. The van der Waals surface area contributed by atoms with Gasteiger partial charge in [0.2, 0.25) is 0 Å². The minimum atomic E-state index is -0.290. The van der Waals surface area contributed by atoms with Crippen LogP contribution in [-0.2, 0) is 0 Å². The molecule has 0 fully saturated rings. The van der Waals surface area contributed by atoms with Crippen LogP contribution in [0, 0.1) is 12.7 Å². The van der Waals surface area contributed by atoms with Gasteiger partial charge in [0.05, 0.1) is 11.0 Å². The van der Waals surface area contributed by atoms with Gasteiger partial charge in [-0.3, -0.25) is 0 Å². The summed E-state index contributed by atoms with van der Waals surface area (Å²) < 4.78 is 12.9. The summed E-state index contributed by atoms with van der Waals surface area (Å²) in [7, 11) is 0. The third-order valence-electron chi connectivity index (χ3n) is 2.88. The number of anilines is 2. The Morgan fingerprint density at radius 2 is 1.75 bits per heavy atom. The first-order valence-corrected chi connectivity index (χ1v) is 6.46. The molecule has 2 aromatic carbocycles. The van der Waals surface area contributed by atoms with Crippen molar-refractivity contribution in [3.8, 4) is 0 Å². The largest absolute Gasteiger partial charge is 0.338 e. The fourth-order valence-corrected chi connectivity index (χ4v) is 2.07. The van der Waals surface area contributed by atoms with Gasteiger partial charge >= 0.3 is 0 Å². The fourth-order valence-electron chi connectivity index (χ4n) is 1.89. The summed E-state index contributed by atoms with van der Waals surface area (Å²) in [4.78, 5) is 8.75. The number of aryl methyl sites for hydroxylation is 1. The lowest BCUT2D eigenvalue weighted by atomic mass is 10.2. The molecule has 0 bridgehead atoms. The van der Waals surface area contributed by atoms with Crippen molar-refractivity contribution in [2.45, 2.75) is 6.92 Å². The van der Waals surface area contributed by atoms with E-state index in [4.69, 9.17) is 11.6 Å². The number of fused-ring (bicyclic) bond motifs is 1. The summed E-state index contributed by atoms with van der Waals surface area (Å²) in [6.07, 6.45) is 0. The molecule has 0 aliphatic heterocycles. The van der Waals surface area contributed by atoms with Crippen LogP contribution >= 0.6 is 11.6 Å². The molecule has 0 spiro atoms. The van der Waals surface area contributed by atoms with Crippen molar-refractivity contribution in [3.63, 3.8) is 0 Å². The van der Waals surface area contributed by atoms with E-state index in [1.165, 1.54) is 12.1 Å². The van der Waals surface area contributed by atoms with Crippen LogP contribution in [0.15, 0.2) is 42.5 Å². The summed E-state index contributed by atoms with van der Waals surface area (Å²) in [5.74, 6) is 0.165. The van der Waals surface area contributed by atoms with Crippen LogP contribution in [0.2, 0.25) is 5.15 Å². The second kappa shape index (κ2) is 5.06. The first kappa shape index (κ1) is 12.8. The number of hydrogen-bond acceptors (Lipinski definition) is 3. The predicted molar refractivity (Wildman–Crippen MR) is 79.0 cm³/mol. The van der Waals surface area contributed by atoms with Crippen molar-refractivity contribution in [2.75, 3.05) is 5.32 Å². The molecule has 1 aromatic heterocycles. The summed E-state index contributed by atoms with van der Waals surface area (Å²) in [5.41, 5.74) is 3.31. The van der Waals surface area contributed by atoms with E-state index in [0.29, 0.717) is 11.5 Å². The highest BCUT2D eigenvalue weighted by atomic mass is 35.5. The first-order valence-electron chi connectivity index (χ1n) is 6.08. The molecular weight excluding hydrogens is 277 g/mol. The van der Waals surface area contributed by atoms with Gasteiger partial charge in [0.15, 0.2) is 11.0 Å². The number of rotatable bonds is 2. The third-order valence-corrected chi connectivity index (χ3v) is 3.15. The van der Waals surface area contributed by atoms with Crippen molar-refractivity contribution in [1.29, 1.82) is 0 Å². The molecule has 0 aliphatic rings. The molecule has 100 valence electrons. The standard InChI is InChI=1S/C15H11ClFN3/c1-9-2-7-12-13(8-9)20-15(14(16)19-12)18-11-5-3-10(17)4-6-11/h2-8H,1H3,(H,18,20). The Labute approximate surface area is 120 Å². The van der Waals surface area contributed by atoms with E-state index in [0.717, 1.165) is 16.6 Å². The molecule has 3 rings (SSSR count). The van der Waals surface area contributed by atoms with Gasteiger partial charge < -0.3 is 5.32 Å². The van der Waals surface area contributed by atoms with E-state index in [9.17, 15) is 4.39 Å². The van der Waals surface area contributed by atoms with Gasteiger partial charge in [-0.2, -0.15) is 0 Å². The zero-order valence-electron chi connectivity index (χ0n) is 10.7. The zero-order valence-corrected chi connectivity index (χ0v) is 11.4. The minimum Gasteiger partial charge on any atom is -0.338 e. The highest BCUT2D eigenvalue weighted by Crippen LogP contribution is 2.25. The van der Waals surface area contributed by atoms with E-state index in [1.807, 2.05) is 25.1 Å². The molecule has 5 heteroatoms. The molecule has 0 radical (unpaired) electrons. The van der Waals surface area contributed by atoms with E-state index >= 15 is 0 Å². The first-order chi connectivity index (χ1) is 9.61. The number of nitrogens with one attached hydrogen (secondary N) is 1. The van der Waals surface area contributed by atoms with Crippen molar-refractivity contribution in [2.24, 2.45) is 0 Å². The molecule has 20 heavy (non-hydrogen) atoms. The second-order valence-corrected chi connectivity index (χ2v) is 4.85. The predicted octanol–water partition coefficient (Wildman–Crippen LogP) is 4.47. The Kier molecular flexibility index (Phi) is 3.24. The van der Waals surface area contributed by atoms with Gasteiger partial charge in [-0.25, -0.2) is 14.4 Å². The highest BCUT2D eigenvalue weighted by Gasteiger charge is 2.07. The normalized spacial score (nSPS) is 10.8. The number of nitrogens with zero attached hydrogens (tertiary/aromatic N) is 2. The second-order valence-electron chi connectivity index (χ2n) is 4.49. The summed E-state index contributed by atoms with van der Waals surface area (Å²) in [6.45, 7) is 1.99. The molecule has 3 nitrogen and oxygen atoms in total. The number of aromatic nitrogens is 2. The lowest BCUT2D eigenvalue weighted by molar-refractivity contribution is 0.628. The van der Waals surface area contributed by atoms with Crippen LogP contribution in [-0.4, -0.2) is 9.97 Å². The molecule has 0 saturated heterocycles. The van der Waals surface area contributed by atoms with E-state index in [-0.39, 0.29) is 11.0 Å². The monoisotopic (exact) mass is 287 g/mol. The Balaban J connectivity index is 2.02. The number of hydrogen-bond donors (Lipinski definition) is 1. The molecule has 0 unspecified atom stereocenters. The molecular formula is C15H11ClFN3. The van der Waals surface area contributed by atoms with Crippen LogP contribution in [0.25, 0.3) is 11.0 Å². The minimum absolute atomic E-state index is 0.283. The Morgan fingerprint density at radius 1 is 1.00 bits per heavy atom. The Hall–Kier alpha value is -2.20. The van der Waals surface area contributed by atoms with Crippen molar-refractivity contribution < 1.29 is 4.39 Å². The maximum absolute atomic E-state index is 12.9. The average Bonchev–Trinajstić information content (AvgIpc) is 2.42. The molecule has 1 N–H and O–H groups in total. The molecule has 0 aliphatic carbocycles. The molecule has 1 heterocycles.